The van der Waals surface area contributed by atoms with Gasteiger partial charge in [0, 0.05) is 23.6 Å². The van der Waals surface area contributed by atoms with Gasteiger partial charge in [-0.05, 0) is 38.6 Å². The molecule has 0 radical (unpaired) electrons. The Labute approximate surface area is 113 Å². The molecule has 0 saturated carbocycles. The van der Waals surface area contributed by atoms with Crippen LogP contribution in [-0.4, -0.2) is 23.7 Å². The van der Waals surface area contributed by atoms with Gasteiger partial charge in [-0.1, -0.05) is 12.1 Å². The van der Waals surface area contributed by atoms with E-state index in [1.807, 2.05) is 49.9 Å². The quantitative estimate of drug-likeness (QED) is 0.839. The molecule has 0 aliphatic rings. The monoisotopic (exact) mass is 260 g/mol. The number of nitrogens with zero attached hydrogens (tertiary/aromatic N) is 1. The van der Waals surface area contributed by atoms with Crippen molar-refractivity contribution in [3.05, 3.63) is 36.0 Å². The van der Waals surface area contributed by atoms with Crippen molar-refractivity contribution < 1.29 is 9.53 Å². The summed E-state index contributed by atoms with van der Waals surface area (Å²) in [6, 6.07) is 8.18. The third kappa shape index (κ3) is 3.15. The zero-order chi connectivity index (χ0) is 13.8. The highest BCUT2D eigenvalue weighted by molar-refractivity contribution is 5.85. The number of nitrogens with one attached hydrogen (secondary N) is 1. The van der Waals surface area contributed by atoms with E-state index in [1.54, 1.807) is 0 Å². The van der Waals surface area contributed by atoms with Gasteiger partial charge >= 0.3 is 5.97 Å². The van der Waals surface area contributed by atoms with Crippen LogP contribution in [0.3, 0.4) is 0 Å². The molecule has 0 atom stereocenters. The lowest BCUT2D eigenvalue weighted by atomic mass is 10.1. The van der Waals surface area contributed by atoms with Crippen LogP contribution in [0.4, 0.5) is 0 Å². The average Bonchev–Trinajstić information content (AvgIpc) is 2.73. The minimum absolute atomic E-state index is 0.0748. The zero-order valence-corrected chi connectivity index (χ0v) is 11.6. The second-order valence-electron chi connectivity index (χ2n) is 4.86. The molecule has 19 heavy (non-hydrogen) atoms. The van der Waals surface area contributed by atoms with Crippen LogP contribution in [0.15, 0.2) is 30.5 Å². The molecule has 2 rings (SSSR count). The normalized spacial score (nSPS) is 11.2. The van der Waals surface area contributed by atoms with Gasteiger partial charge in [-0.3, -0.25) is 4.79 Å². The Morgan fingerprint density at radius 1 is 1.37 bits per heavy atom. The molecule has 0 fully saturated rings. The summed E-state index contributed by atoms with van der Waals surface area (Å²) in [5.74, 6) is -0.202. The van der Waals surface area contributed by atoms with Crippen molar-refractivity contribution in [1.29, 1.82) is 0 Å². The van der Waals surface area contributed by atoms with Crippen molar-refractivity contribution in [3.63, 3.8) is 0 Å². The molecule has 1 aromatic carbocycles. The van der Waals surface area contributed by atoms with Crippen LogP contribution < -0.4 is 5.32 Å². The summed E-state index contributed by atoms with van der Waals surface area (Å²) in [6.07, 6.45) is 1.86. The number of hydrogen-bond acceptors (Lipinski definition) is 3. The van der Waals surface area contributed by atoms with Crippen LogP contribution in [0.1, 0.15) is 19.4 Å². The van der Waals surface area contributed by atoms with Crippen molar-refractivity contribution in [2.24, 2.45) is 0 Å². The van der Waals surface area contributed by atoms with Crippen molar-refractivity contribution in [2.75, 3.05) is 7.05 Å². The van der Waals surface area contributed by atoms with E-state index in [0.717, 1.165) is 12.1 Å². The molecule has 0 aliphatic carbocycles. The lowest BCUT2D eigenvalue weighted by Gasteiger charge is -2.10. The van der Waals surface area contributed by atoms with Crippen LogP contribution in [-0.2, 0) is 22.6 Å². The number of hydrogen-bond donors (Lipinski definition) is 1. The molecule has 0 unspecified atom stereocenters. The number of fused-ring (bicyclic) bond motifs is 1. The lowest BCUT2D eigenvalue weighted by molar-refractivity contribution is -0.148. The number of esters is 1. The van der Waals surface area contributed by atoms with E-state index in [-0.39, 0.29) is 18.6 Å². The van der Waals surface area contributed by atoms with E-state index in [9.17, 15) is 4.79 Å². The largest absolute Gasteiger partial charge is 0.462 e. The first-order chi connectivity index (χ1) is 9.11. The SMILES string of the molecule is CNCc1cccc2c1ccn2CC(=O)OC(C)C. The van der Waals surface area contributed by atoms with Gasteiger partial charge < -0.3 is 14.6 Å². The van der Waals surface area contributed by atoms with Gasteiger partial charge in [-0.2, -0.15) is 0 Å². The molecule has 0 saturated heterocycles. The van der Waals surface area contributed by atoms with Crippen molar-refractivity contribution in [2.45, 2.75) is 33.0 Å². The van der Waals surface area contributed by atoms with Gasteiger partial charge in [0.15, 0.2) is 0 Å². The highest BCUT2D eigenvalue weighted by Gasteiger charge is 2.10. The predicted octanol–water partition coefficient (Wildman–Crippen LogP) is 2.31. The van der Waals surface area contributed by atoms with E-state index in [2.05, 4.69) is 11.4 Å². The summed E-state index contributed by atoms with van der Waals surface area (Å²) in [6.45, 7) is 4.79. The molecule has 102 valence electrons. The summed E-state index contributed by atoms with van der Waals surface area (Å²) >= 11 is 0. The Morgan fingerprint density at radius 3 is 2.84 bits per heavy atom. The van der Waals surface area contributed by atoms with Gasteiger partial charge in [-0.15, -0.1) is 0 Å². The van der Waals surface area contributed by atoms with Crippen LogP contribution in [0.25, 0.3) is 10.9 Å². The Bertz CT molecular complexity index is 573. The van der Waals surface area contributed by atoms with Crippen LogP contribution in [0.5, 0.6) is 0 Å². The first-order valence-electron chi connectivity index (χ1n) is 6.52. The molecule has 0 amide bonds. The number of benzene rings is 1. The lowest BCUT2D eigenvalue weighted by Crippen LogP contribution is -2.17. The highest BCUT2D eigenvalue weighted by Crippen LogP contribution is 2.20. The minimum Gasteiger partial charge on any atom is -0.462 e. The molecule has 4 heteroatoms. The predicted molar refractivity (Wildman–Crippen MR) is 75.9 cm³/mol. The summed E-state index contributed by atoms with van der Waals surface area (Å²) in [5.41, 5.74) is 2.30. The van der Waals surface area contributed by atoms with E-state index >= 15 is 0 Å². The Kier molecular flexibility index (Phi) is 4.22. The van der Waals surface area contributed by atoms with Gasteiger partial charge in [0.25, 0.3) is 0 Å². The average molecular weight is 260 g/mol. The minimum atomic E-state index is -0.202. The van der Waals surface area contributed by atoms with E-state index in [4.69, 9.17) is 4.74 Å². The summed E-state index contributed by atoms with van der Waals surface area (Å²) in [4.78, 5) is 11.7. The number of carbonyl (C=O) groups excluding carboxylic acids is 1. The number of carbonyl (C=O) groups is 1. The third-order valence-corrected chi connectivity index (χ3v) is 2.94. The zero-order valence-electron chi connectivity index (χ0n) is 11.6. The molecule has 4 nitrogen and oxygen atoms in total. The third-order valence-electron chi connectivity index (χ3n) is 2.94. The number of rotatable bonds is 5. The fourth-order valence-corrected chi connectivity index (χ4v) is 2.21. The Morgan fingerprint density at radius 2 is 2.16 bits per heavy atom. The first kappa shape index (κ1) is 13.6. The van der Waals surface area contributed by atoms with Crippen LogP contribution in [0, 0.1) is 0 Å². The van der Waals surface area contributed by atoms with Crippen LogP contribution in [0.2, 0.25) is 0 Å². The second kappa shape index (κ2) is 5.89. The van der Waals surface area contributed by atoms with Gasteiger partial charge in [0.1, 0.15) is 6.54 Å². The molecule has 1 heterocycles. The highest BCUT2D eigenvalue weighted by atomic mass is 16.5. The number of aromatic nitrogens is 1. The van der Waals surface area contributed by atoms with Gasteiger partial charge in [0.2, 0.25) is 0 Å². The maximum Gasteiger partial charge on any atom is 0.326 e. The smallest absolute Gasteiger partial charge is 0.326 e. The molecule has 0 bridgehead atoms. The molecule has 1 N–H and O–H groups in total. The summed E-state index contributed by atoms with van der Waals surface area (Å²) in [7, 11) is 1.93. The second-order valence-corrected chi connectivity index (χ2v) is 4.86. The number of ether oxygens (including phenoxy) is 1. The van der Waals surface area contributed by atoms with E-state index < -0.39 is 0 Å². The van der Waals surface area contributed by atoms with Crippen molar-refractivity contribution >= 4 is 16.9 Å². The molecule has 0 spiro atoms. The fraction of sp³-hybridized carbons (Fsp3) is 0.400. The Balaban J connectivity index is 2.25. The van der Waals surface area contributed by atoms with E-state index in [1.165, 1.54) is 10.9 Å². The standard InChI is InChI=1S/C15H20N2O2/c1-11(2)19-15(18)10-17-8-7-13-12(9-16-3)5-4-6-14(13)17/h4-8,11,16H,9-10H2,1-3H3. The Hall–Kier alpha value is -1.81. The van der Waals surface area contributed by atoms with E-state index in [0.29, 0.717) is 0 Å². The molecule has 2 aromatic rings. The summed E-state index contributed by atoms with van der Waals surface area (Å²) < 4.78 is 7.11. The fourth-order valence-electron chi connectivity index (χ4n) is 2.21. The van der Waals surface area contributed by atoms with Gasteiger partial charge in [0.05, 0.1) is 6.10 Å². The first-order valence-corrected chi connectivity index (χ1v) is 6.52. The van der Waals surface area contributed by atoms with Crippen molar-refractivity contribution in [3.8, 4) is 0 Å². The van der Waals surface area contributed by atoms with Crippen LogP contribution >= 0.6 is 0 Å². The maximum absolute atomic E-state index is 11.7. The molecular weight excluding hydrogens is 240 g/mol. The summed E-state index contributed by atoms with van der Waals surface area (Å²) in [5, 5.41) is 4.33. The van der Waals surface area contributed by atoms with Gasteiger partial charge in [-0.25, -0.2) is 0 Å². The topological polar surface area (TPSA) is 43.3 Å². The molecule has 0 aliphatic heterocycles. The van der Waals surface area contributed by atoms with Crippen molar-refractivity contribution in [1.82, 2.24) is 9.88 Å². The molecular formula is C15H20N2O2. The maximum atomic E-state index is 11.7. The molecule has 1 aromatic heterocycles.